The molecule has 1 aromatic rings. The normalized spacial score (nSPS) is 17.2. The first-order valence-corrected chi connectivity index (χ1v) is 7.40. The lowest BCUT2D eigenvalue weighted by Gasteiger charge is -2.34. The summed E-state index contributed by atoms with van der Waals surface area (Å²) in [4.78, 5) is 23.9. The van der Waals surface area contributed by atoms with Crippen molar-refractivity contribution in [1.29, 1.82) is 0 Å². The highest BCUT2D eigenvalue weighted by atomic mass is 79.9. The van der Waals surface area contributed by atoms with Crippen LogP contribution < -0.4 is 11.1 Å². The summed E-state index contributed by atoms with van der Waals surface area (Å²) in [6.07, 6.45) is 1.06. The molecule has 114 valence electrons. The summed E-state index contributed by atoms with van der Waals surface area (Å²) in [5, 5.41) is 11.9. The highest BCUT2D eigenvalue weighted by molar-refractivity contribution is 9.10. The number of carboxylic acid groups (broad SMARTS) is 1. The Morgan fingerprint density at radius 1 is 1.38 bits per heavy atom. The first-order chi connectivity index (χ1) is 10.00. The molecule has 1 aromatic carbocycles. The molecule has 1 aliphatic rings. The third kappa shape index (κ3) is 3.25. The summed E-state index contributed by atoms with van der Waals surface area (Å²) in [5.41, 5.74) is 5.38. The maximum absolute atomic E-state index is 12.6. The Morgan fingerprint density at radius 2 is 2.05 bits per heavy atom. The average Bonchev–Trinajstić information content (AvgIpc) is 2.49. The number of hydrogen-bond acceptors (Lipinski definition) is 4. The molecule has 0 bridgehead atoms. The monoisotopic (exact) mass is 356 g/mol. The van der Waals surface area contributed by atoms with E-state index in [4.69, 9.17) is 10.5 Å². The van der Waals surface area contributed by atoms with E-state index in [9.17, 15) is 14.7 Å². The van der Waals surface area contributed by atoms with Crippen molar-refractivity contribution in [3.05, 3.63) is 28.2 Å². The topological polar surface area (TPSA) is 102 Å². The minimum atomic E-state index is -1.10. The van der Waals surface area contributed by atoms with Gasteiger partial charge in [0.2, 0.25) is 5.91 Å². The SMILES string of the molecule is NCC1(C(=O)Nc2c(Br)cccc2C(=O)O)CCOCC1. The molecular weight excluding hydrogens is 340 g/mol. The Bertz CT molecular complexity index is 556. The fourth-order valence-electron chi connectivity index (χ4n) is 2.36. The van der Waals surface area contributed by atoms with Crippen molar-refractivity contribution in [3.8, 4) is 0 Å². The number of nitrogens with one attached hydrogen (secondary N) is 1. The number of nitrogens with two attached hydrogens (primary N) is 1. The van der Waals surface area contributed by atoms with Crippen LogP contribution in [-0.2, 0) is 9.53 Å². The van der Waals surface area contributed by atoms with Gasteiger partial charge in [-0.2, -0.15) is 0 Å². The average molecular weight is 357 g/mol. The largest absolute Gasteiger partial charge is 0.478 e. The molecule has 1 fully saturated rings. The number of carbonyl (C=O) groups is 2. The van der Waals surface area contributed by atoms with Gasteiger partial charge in [-0.3, -0.25) is 4.79 Å². The maximum atomic E-state index is 12.6. The zero-order chi connectivity index (χ0) is 15.5. The van der Waals surface area contributed by atoms with Crippen molar-refractivity contribution in [2.45, 2.75) is 12.8 Å². The molecule has 1 saturated heterocycles. The molecule has 4 N–H and O–H groups in total. The van der Waals surface area contributed by atoms with Gasteiger partial charge in [0.15, 0.2) is 0 Å². The van der Waals surface area contributed by atoms with E-state index in [1.54, 1.807) is 12.1 Å². The van der Waals surface area contributed by atoms with Crippen LogP contribution in [0, 0.1) is 5.41 Å². The van der Waals surface area contributed by atoms with Gasteiger partial charge < -0.3 is 20.9 Å². The summed E-state index contributed by atoms with van der Waals surface area (Å²) in [6.45, 7) is 1.16. The quantitative estimate of drug-likeness (QED) is 0.763. The lowest BCUT2D eigenvalue weighted by atomic mass is 9.79. The number of carboxylic acids is 1. The van der Waals surface area contributed by atoms with Crippen LogP contribution >= 0.6 is 15.9 Å². The van der Waals surface area contributed by atoms with E-state index in [-0.39, 0.29) is 23.7 Å². The number of para-hydroxylation sites is 1. The van der Waals surface area contributed by atoms with Crippen molar-refractivity contribution in [1.82, 2.24) is 0 Å². The minimum Gasteiger partial charge on any atom is -0.478 e. The molecule has 0 saturated carbocycles. The van der Waals surface area contributed by atoms with Crippen molar-refractivity contribution in [3.63, 3.8) is 0 Å². The van der Waals surface area contributed by atoms with E-state index in [1.165, 1.54) is 6.07 Å². The number of anilines is 1. The van der Waals surface area contributed by atoms with Gasteiger partial charge in [0.05, 0.1) is 16.7 Å². The summed E-state index contributed by atoms with van der Waals surface area (Å²) in [6, 6.07) is 4.74. The Labute approximate surface area is 130 Å². The summed E-state index contributed by atoms with van der Waals surface area (Å²) < 4.78 is 5.80. The van der Waals surface area contributed by atoms with E-state index < -0.39 is 11.4 Å². The molecule has 0 aromatic heterocycles. The first kappa shape index (κ1) is 15.9. The van der Waals surface area contributed by atoms with Gasteiger partial charge in [-0.15, -0.1) is 0 Å². The van der Waals surface area contributed by atoms with Crippen molar-refractivity contribution in [2.24, 2.45) is 11.1 Å². The molecule has 0 atom stereocenters. The number of benzene rings is 1. The van der Waals surface area contributed by atoms with E-state index in [0.717, 1.165) is 0 Å². The first-order valence-electron chi connectivity index (χ1n) is 6.61. The van der Waals surface area contributed by atoms with Crippen molar-refractivity contribution < 1.29 is 19.4 Å². The minimum absolute atomic E-state index is 0.0388. The molecule has 7 heteroatoms. The van der Waals surface area contributed by atoms with Crippen LogP contribution in [-0.4, -0.2) is 36.7 Å². The third-order valence-corrected chi connectivity index (χ3v) is 4.47. The Hall–Kier alpha value is -1.44. The predicted octanol–water partition coefficient (Wildman–Crippen LogP) is 1.84. The molecule has 2 rings (SSSR count). The summed E-state index contributed by atoms with van der Waals surface area (Å²) in [7, 11) is 0. The lowest BCUT2D eigenvalue weighted by Crippen LogP contribution is -2.46. The molecular formula is C14H17BrN2O4. The highest BCUT2D eigenvalue weighted by Gasteiger charge is 2.39. The van der Waals surface area contributed by atoms with Gasteiger partial charge in [0.25, 0.3) is 0 Å². The maximum Gasteiger partial charge on any atom is 0.337 e. The number of ether oxygens (including phenoxy) is 1. The van der Waals surface area contributed by atoms with E-state index in [2.05, 4.69) is 21.2 Å². The van der Waals surface area contributed by atoms with Crippen LogP contribution in [0.4, 0.5) is 5.69 Å². The molecule has 0 unspecified atom stereocenters. The van der Waals surface area contributed by atoms with Crippen LogP contribution in [0.15, 0.2) is 22.7 Å². The Balaban J connectivity index is 2.29. The van der Waals surface area contributed by atoms with Crippen LogP contribution in [0.1, 0.15) is 23.2 Å². The standard InChI is InChI=1S/C14H17BrN2O4/c15-10-3-1-2-9(12(18)19)11(10)17-13(20)14(8-16)4-6-21-7-5-14/h1-3H,4-8,16H2,(H,17,20)(H,18,19). The molecule has 0 aliphatic carbocycles. The fourth-order valence-corrected chi connectivity index (χ4v) is 2.83. The van der Waals surface area contributed by atoms with Crippen LogP contribution in [0.3, 0.4) is 0 Å². The number of carbonyl (C=O) groups excluding carboxylic acids is 1. The van der Waals surface area contributed by atoms with Gasteiger partial charge >= 0.3 is 5.97 Å². The van der Waals surface area contributed by atoms with Crippen LogP contribution in [0.5, 0.6) is 0 Å². The van der Waals surface area contributed by atoms with Gasteiger partial charge in [-0.25, -0.2) is 4.79 Å². The molecule has 0 radical (unpaired) electrons. The highest BCUT2D eigenvalue weighted by Crippen LogP contribution is 2.33. The van der Waals surface area contributed by atoms with Gasteiger partial charge in [-0.05, 0) is 40.9 Å². The molecule has 6 nitrogen and oxygen atoms in total. The zero-order valence-electron chi connectivity index (χ0n) is 11.4. The fraction of sp³-hybridized carbons (Fsp3) is 0.429. The third-order valence-electron chi connectivity index (χ3n) is 3.80. The zero-order valence-corrected chi connectivity index (χ0v) is 13.0. The van der Waals surface area contributed by atoms with E-state index >= 15 is 0 Å². The second-order valence-corrected chi connectivity index (χ2v) is 5.87. The van der Waals surface area contributed by atoms with Crippen LogP contribution in [0.2, 0.25) is 0 Å². The predicted molar refractivity (Wildman–Crippen MR) is 81.3 cm³/mol. The molecule has 0 spiro atoms. The molecule has 1 amide bonds. The number of halogens is 1. The number of rotatable bonds is 4. The molecule has 21 heavy (non-hydrogen) atoms. The van der Waals surface area contributed by atoms with Gasteiger partial charge in [0.1, 0.15) is 0 Å². The van der Waals surface area contributed by atoms with E-state index in [0.29, 0.717) is 30.5 Å². The smallest absolute Gasteiger partial charge is 0.337 e. The van der Waals surface area contributed by atoms with Crippen molar-refractivity contribution >= 4 is 33.5 Å². The van der Waals surface area contributed by atoms with Crippen LogP contribution in [0.25, 0.3) is 0 Å². The lowest BCUT2D eigenvalue weighted by molar-refractivity contribution is -0.130. The number of hydrogen-bond donors (Lipinski definition) is 3. The summed E-state index contributed by atoms with van der Waals surface area (Å²) in [5.74, 6) is -1.36. The Morgan fingerprint density at radius 3 is 2.62 bits per heavy atom. The van der Waals surface area contributed by atoms with Gasteiger partial charge in [-0.1, -0.05) is 6.07 Å². The van der Waals surface area contributed by atoms with Gasteiger partial charge in [0, 0.05) is 24.2 Å². The molecule has 1 aliphatic heterocycles. The number of aromatic carboxylic acids is 1. The second-order valence-electron chi connectivity index (χ2n) is 5.02. The summed E-state index contributed by atoms with van der Waals surface area (Å²) >= 11 is 3.27. The number of amides is 1. The van der Waals surface area contributed by atoms with Crippen molar-refractivity contribution in [2.75, 3.05) is 25.1 Å². The van der Waals surface area contributed by atoms with E-state index in [1.807, 2.05) is 0 Å². The second kappa shape index (κ2) is 6.55. The Kier molecular flexibility index (Phi) is 4.97. The molecule has 1 heterocycles.